The van der Waals surface area contributed by atoms with Gasteiger partial charge in [-0.2, -0.15) is 0 Å². The molecule has 0 aliphatic carbocycles. The number of fused-ring (bicyclic) bond motifs is 1. The molecule has 0 amide bonds. The van der Waals surface area contributed by atoms with Crippen molar-refractivity contribution >= 4 is 53.8 Å². The molecule has 1 nitrogen and oxygen atoms in total. The second kappa shape index (κ2) is 2.94. The zero-order valence-electron chi connectivity index (χ0n) is 6.26. The molecule has 0 saturated heterocycles. The van der Waals surface area contributed by atoms with Crippen molar-refractivity contribution in [2.24, 2.45) is 0 Å². The molecule has 0 atom stereocenters. The summed E-state index contributed by atoms with van der Waals surface area (Å²) in [4.78, 5) is 11.9. The van der Waals surface area contributed by atoms with Crippen LogP contribution in [0, 0.1) is 0 Å². The van der Waals surface area contributed by atoms with E-state index in [4.69, 9.17) is 0 Å². The Balaban J connectivity index is 2.64. The highest BCUT2D eigenvalue weighted by Gasteiger charge is 2.07. The summed E-state index contributed by atoms with van der Waals surface area (Å²) < 4.78 is 3.51. The van der Waals surface area contributed by atoms with Gasteiger partial charge in [0.25, 0.3) is 0 Å². The molecule has 0 radical (unpaired) electrons. The molecular weight excluding hydrogens is 256 g/mol. The van der Waals surface area contributed by atoms with E-state index in [1.807, 2.05) is 6.07 Å². The van der Waals surface area contributed by atoms with Gasteiger partial charge in [0.15, 0.2) is 5.78 Å². The summed E-state index contributed by atoms with van der Waals surface area (Å²) in [7, 11) is 0. The Bertz CT molecular complexity index is 409. The van der Waals surface area contributed by atoms with Crippen LogP contribution in [0.5, 0.6) is 0 Å². The first-order valence-corrected chi connectivity index (χ1v) is 5.79. The second-order valence-electron chi connectivity index (χ2n) is 2.45. The highest BCUT2D eigenvalue weighted by Crippen LogP contribution is 2.35. The lowest BCUT2D eigenvalue weighted by atomic mass is 10.3. The Kier molecular flexibility index (Phi) is 2.06. The van der Waals surface area contributed by atoms with Crippen LogP contribution in [0.1, 0.15) is 16.6 Å². The van der Waals surface area contributed by atoms with E-state index in [0.29, 0.717) is 0 Å². The molecule has 2 heterocycles. The van der Waals surface area contributed by atoms with Crippen molar-refractivity contribution in [2.45, 2.75) is 6.92 Å². The molecule has 0 saturated carbocycles. The molecular formula is C8H5BrOS2. The van der Waals surface area contributed by atoms with Gasteiger partial charge in [-0.1, -0.05) is 0 Å². The van der Waals surface area contributed by atoms with Crippen LogP contribution < -0.4 is 0 Å². The van der Waals surface area contributed by atoms with Gasteiger partial charge in [0.2, 0.25) is 0 Å². The molecule has 2 aromatic rings. The van der Waals surface area contributed by atoms with Crippen LogP contribution in [0.25, 0.3) is 9.40 Å². The van der Waals surface area contributed by atoms with Crippen molar-refractivity contribution in [1.82, 2.24) is 0 Å². The van der Waals surface area contributed by atoms with E-state index in [1.165, 1.54) is 9.40 Å². The number of carbonyl (C=O) groups excluding carboxylic acids is 1. The van der Waals surface area contributed by atoms with E-state index >= 15 is 0 Å². The van der Waals surface area contributed by atoms with Crippen molar-refractivity contribution in [3.8, 4) is 0 Å². The molecule has 0 unspecified atom stereocenters. The largest absolute Gasteiger partial charge is 0.294 e. The van der Waals surface area contributed by atoms with Crippen LogP contribution in [-0.4, -0.2) is 5.78 Å². The van der Waals surface area contributed by atoms with Gasteiger partial charge in [-0.3, -0.25) is 4.79 Å². The third-order valence-corrected chi connectivity index (χ3v) is 4.42. The molecule has 2 rings (SSSR count). The minimum Gasteiger partial charge on any atom is -0.294 e. The van der Waals surface area contributed by atoms with Crippen molar-refractivity contribution < 1.29 is 4.79 Å². The first-order valence-electron chi connectivity index (χ1n) is 3.36. The van der Waals surface area contributed by atoms with E-state index in [-0.39, 0.29) is 5.78 Å². The van der Waals surface area contributed by atoms with Gasteiger partial charge < -0.3 is 0 Å². The van der Waals surface area contributed by atoms with E-state index < -0.39 is 0 Å². The quantitative estimate of drug-likeness (QED) is 0.711. The molecule has 0 N–H and O–H groups in total. The van der Waals surface area contributed by atoms with E-state index in [9.17, 15) is 4.79 Å². The average Bonchev–Trinajstić information content (AvgIpc) is 2.42. The van der Waals surface area contributed by atoms with Crippen LogP contribution in [0.15, 0.2) is 15.9 Å². The van der Waals surface area contributed by atoms with Crippen molar-refractivity contribution in [2.75, 3.05) is 0 Å². The molecule has 0 aliphatic heterocycles. The summed E-state index contributed by atoms with van der Waals surface area (Å²) in [6, 6.07) is 4.01. The Morgan fingerprint density at radius 1 is 1.33 bits per heavy atom. The topological polar surface area (TPSA) is 17.1 Å². The van der Waals surface area contributed by atoms with Gasteiger partial charge in [0, 0.05) is 9.40 Å². The molecule has 2 aromatic heterocycles. The number of ketones is 1. The maximum Gasteiger partial charge on any atom is 0.169 e. The minimum atomic E-state index is 0.152. The van der Waals surface area contributed by atoms with Crippen LogP contribution >= 0.6 is 38.6 Å². The van der Waals surface area contributed by atoms with Gasteiger partial charge in [-0.05, 0) is 35.0 Å². The molecule has 0 aromatic carbocycles. The Morgan fingerprint density at radius 2 is 2.00 bits per heavy atom. The maximum absolute atomic E-state index is 11.0. The lowest BCUT2D eigenvalue weighted by Gasteiger charge is -1.81. The maximum atomic E-state index is 11.0. The molecule has 0 spiro atoms. The summed E-state index contributed by atoms with van der Waals surface area (Å²) in [5.41, 5.74) is 0. The smallest absolute Gasteiger partial charge is 0.169 e. The number of Topliss-reactive ketones (excluding diaryl/α,β-unsaturated/α-hetero) is 1. The number of hydrogen-bond acceptors (Lipinski definition) is 3. The lowest BCUT2D eigenvalue weighted by Crippen LogP contribution is -1.83. The average molecular weight is 261 g/mol. The fourth-order valence-corrected chi connectivity index (χ4v) is 3.90. The zero-order valence-corrected chi connectivity index (χ0v) is 9.48. The second-order valence-corrected chi connectivity index (χ2v) is 5.99. The van der Waals surface area contributed by atoms with Crippen molar-refractivity contribution in [1.29, 1.82) is 0 Å². The monoisotopic (exact) mass is 260 g/mol. The highest BCUT2D eigenvalue weighted by atomic mass is 79.9. The van der Waals surface area contributed by atoms with Crippen LogP contribution in [0.3, 0.4) is 0 Å². The molecule has 12 heavy (non-hydrogen) atoms. The first kappa shape index (κ1) is 8.41. The number of rotatable bonds is 1. The van der Waals surface area contributed by atoms with Crippen molar-refractivity contribution in [3.05, 3.63) is 20.8 Å². The standard InChI is InChI=1S/C8H5BrOS2/c1-4(10)5-2-6-7(11-5)3-8(9)12-6/h2-3H,1H3. The number of halogens is 1. The normalized spacial score (nSPS) is 10.8. The molecule has 0 fully saturated rings. The summed E-state index contributed by atoms with van der Waals surface area (Å²) in [5, 5.41) is 0. The van der Waals surface area contributed by atoms with E-state index in [2.05, 4.69) is 22.0 Å². The number of hydrogen-bond donors (Lipinski definition) is 0. The Hall–Kier alpha value is -0.190. The van der Waals surface area contributed by atoms with Gasteiger partial charge in [-0.25, -0.2) is 0 Å². The number of carbonyl (C=O) groups is 1. The summed E-state index contributed by atoms with van der Waals surface area (Å²) in [6.07, 6.45) is 0. The number of thiophene rings is 2. The Morgan fingerprint density at radius 3 is 2.58 bits per heavy atom. The van der Waals surface area contributed by atoms with E-state index in [1.54, 1.807) is 29.6 Å². The third kappa shape index (κ3) is 1.34. The minimum absolute atomic E-state index is 0.152. The lowest BCUT2D eigenvalue weighted by molar-refractivity contribution is 0.102. The zero-order chi connectivity index (χ0) is 8.72. The fraction of sp³-hybridized carbons (Fsp3) is 0.125. The molecule has 62 valence electrons. The Labute approximate surface area is 86.2 Å². The van der Waals surface area contributed by atoms with E-state index in [0.717, 1.165) is 8.66 Å². The van der Waals surface area contributed by atoms with Crippen LogP contribution in [0.4, 0.5) is 0 Å². The third-order valence-electron chi connectivity index (χ3n) is 1.52. The van der Waals surface area contributed by atoms with Gasteiger partial charge in [0.05, 0.1) is 8.66 Å². The van der Waals surface area contributed by atoms with Crippen molar-refractivity contribution in [3.63, 3.8) is 0 Å². The van der Waals surface area contributed by atoms with Crippen LogP contribution in [-0.2, 0) is 0 Å². The molecule has 0 bridgehead atoms. The summed E-state index contributed by atoms with van der Waals surface area (Å²) >= 11 is 6.63. The first-order chi connectivity index (χ1) is 5.66. The summed E-state index contributed by atoms with van der Waals surface area (Å²) in [5.74, 6) is 0.152. The van der Waals surface area contributed by atoms with Gasteiger partial charge >= 0.3 is 0 Å². The molecule has 4 heteroatoms. The SMILES string of the molecule is CC(=O)c1cc2sc(Br)cc2s1. The fourth-order valence-electron chi connectivity index (χ4n) is 0.980. The van der Waals surface area contributed by atoms with Gasteiger partial charge in [-0.15, -0.1) is 22.7 Å². The predicted molar refractivity (Wildman–Crippen MR) is 57.4 cm³/mol. The van der Waals surface area contributed by atoms with Gasteiger partial charge in [0.1, 0.15) is 0 Å². The highest BCUT2D eigenvalue weighted by molar-refractivity contribution is 9.11. The predicted octanol–water partition coefficient (Wildman–Crippen LogP) is 3.93. The summed E-state index contributed by atoms with van der Waals surface area (Å²) in [6.45, 7) is 1.60. The molecule has 0 aliphatic rings. The van der Waals surface area contributed by atoms with Crippen LogP contribution in [0.2, 0.25) is 0 Å².